The van der Waals surface area contributed by atoms with Gasteiger partial charge in [-0.15, -0.1) is 11.3 Å². The lowest BCUT2D eigenvalue weighted by molar-refractivity contribution is -0.131. The molecule has 0 spiro atoms. The van der Waals surface area contributed by atoms with Gasteiger partial charge in [-0.05, 0) is 18.2 Å². The number of carbonyl (C=O) groups is 1. The molecule has 1 N–H and O–H groups in total. The molecule has 0 aliphatic carbocycles. The van der Waals surface area contributed by atoms with Crippen molar-refractivity contribution in [2.24, 2.45) is 0 Å². The van der Waals surface area contributed by atoms with Gasteiger partial charge in [-0.1, -0.05) is 0 Å². The fraction of sp³-hybridized carbons (Fsp3) is 0. The predicted molar refractivity (Wildman–Crippen MR) is 40.9 cm³/mol. The molecular weight excluding hydrogens is 167 g/mol. The van der Waals surface area contributed by atoms with Crippen LogP contribution in [0.4, 0.5) is 4.39 Å². The Bertz CT molecular complexity index is 290. The number of carboxylic acid groups (broad SMARTS) is 1. The fourth-order valence-corrected chi connectivity index (χ4v) is 1.20. The maximum absolute atomic E-state index is 12.3. The van der Waals surface area contributed by atoms with Gasteiger partial charge in [-0.3, -0.25) is 0 Å². The molecule has 1 heterocycles. The van der Waals surface area contributed by atoms with E-state index in [-0.39, 0.29) is 5.13 Å². The summed E-state index contributed by atoms with van der Waals surface area (Å²) in [6, 6.07) is 2.83. The summed E-state index contributed by atoms with van der Waals surface area (Å²) in [5.74, 6) is -1.03. The van der Waals surface area contributed by atoms with E-state index in [1.54, 1.807) is 0 Å². The monoisotopic (exact) mass is 172 g/mol. The molecule has 1 aromatic heterocycles. The Morgan fingerprint density at radius 1 is 1.64 bits per heavy atom. The molecule has 0 aliphatic heterocycles. The van der Waals surface area contributed by atoms with E-state index in [0.717, 1.165) is 17.4 Å². The molecule has 58 valence electrons. The van der Waals surface area contributed by atoms with E-state index in [1.807, 2.05) is 0 Å². The average molecular weight is 172 g/mol. The maximum Gasteiger partial charge on any atom is 0.328 e. The number of carboxylic acids is 1. The summed E-state index contributed by atoms with van der Waals surface area (Å²) in [5.41, 5.74) is 0. The second-order valence-electron chi connectivity index (χ2n) is 1.81. The van der Waals surface area contributed by atoms with Crippen LogP contribution in [-0.2, 0) is 4.79 Å². The third-order valence-electron chi connectivity index (χ3n) is 0.984. The Morgan fingerprint density at radius 2 is 2.36 bits per heavy atom. The lowest BCUT2D eigenvalue weighted by Gasteiger charge is -1.79. The Labute approximate surface area is 66.6 Å². The highest BCUT2D eigenvalue weighted by Gasteiger charge is 1.94. The quantitative estimate of drug-likeness (QED) is 0.692. The van der Waals surface area contributed by atoms with Crippen molar-refractivity contribution in [2.45, 2.75) is 0 Å². The van der Waals surface area contributed by atoms with Gasteiger partial charge in [0.2, 0.25) is 0 Å². The van der Waals surface area contributed by atoms with E-state index in [4.69, 9.17) is 5.11 Å². The summed E-state index contributed by atoms with van der Waals surface area (Å²) in [4.78, 5) is 10.6. The minimum absolute atomic E-state index is 0.310. The zero-order valence-corrected chi connectivity index (χ0v) is 6.27. The van der Waals surface area contributed by atoms with Gasteiger partial charge in [-0.25, -0.2) is 4.79 Å². The molecule has 4 heteroatoms. The van der Waals surface area contributed by atoms with Crippen LogP contribution in [0.1, 0.15) is 4.88 Å². The topological polar surface area (TPSA) is 37.3 Å². The van der Waals surface area contributed by atoms with Crippen molar-refractivity contribution in [2.75, 3.05) is 0 Å². The normalized spacial score (nSPS) is 10.6. The molecule has 0 unspecified atom stereocenters. The van der Waals surface area contributed by atoms with E-state index in [9.17, 15) is 9.18 Å². The van der Waals surface area contributed by atoms with Gasteiger partial charge < -0.3 is 5.11 Å². The molecule has 0 radical (unpaired) electrons. The smallest absolute Gasteiger partial charge is 0.328 e. The number of rotatable bonds is 2. The van der Waals surface area contributed by atoms with Gasteiger partial charge in [0.1, 0.15) is 0 Å². The molecule has 0 saturated heterocycles. The minimum atomic E-state index is -1.03. The molecule has 0 atom stereocenters. The van der Waals surface area contributed by atoms with Crippen LogP contribution < -0.4 is 0 Å². The second-order valence-corrected chi connectivity index (χ2v) is 2.88. The SMILES string of the molecule is O=C(O)C=Cc1ccc(F)s1. The van der Waals surface area contributed by atoms with Crippen molar-refractivity contribution in [3.8, 4) is 0 Å². The highest BCUT2D eigenvalue weighted by Crippen LogP contribution is 2.15. The zero-order chi connectivity index (χ0) is 8.27. The zero-order valence-electron chi connectivity index (χ0n) is 5.45. The lowest BCUT2D eigenvalue weighted by atomic mass is 10.4. The van der Waals surface area contributed by atoms with Gasteiger partial charge in [0, 0.05) is 11.0 Å². The third-order valence-corrected chi connectivity index (χ3v) is 1.82. The van der Waals surface area contributed by atoms with Crippen LogP contribution in [0.3, 0.4) is 0 Å². The largest absolute Gasteiger partial charge is 0.478 e. The van der Waals surface area contributed by atoms with Crippen LogP contribution in [0.15, 0.2) is 18.2 Å². The van der Waals surface area contributed by atoms with Crippen LogP contribution in [0, 0.1) is 5.13 Å². The fourth-order valence-electron chi connectivity index (χ4n) is 0.571. The Hall–Kier alpha value is -1.16. The molecule has 0 amide bonds. The van der Waals surface area contributed by atoms with Crippen molar-refractivity contribution in [3.63, 3.8) is 0 Å². The van der Waals surface area contributed by atoms with Crippen LogP contribution >= 0.6 is 11.3 Å². The van der Waals surface area contributed by atoms with Crippen LogP contribution in [-0.4, -0.2) is 11.1 Å². The second kappa shape index (κ2) is 3.30. The van der Waals surface area contributed by atoms with Crippen LogP contribution in [0.5, 0.6) is 0 Å². The van der Waals surface area contributed by atoms with E-state index in [2.05, 4.69) is 0 Å². The molecule has 0 saturated carbocycles. The first-order valence-electron chi connectivity index (χ1n) is 2.85. The van der Waals surface area contributed by atoms with Gasteiger partial charge in [0.25, 0.3) is 0 Å². The summed E-state index contributed by atoms with van der Waals surface area (Å²) in [6.07, 6.45) is 2.33. The van der Waals surface area contributed by atoms with Crippen molar-refractivity contribution in [1.82, 2.24) is 0 Å². The first kappa shape index (κ1) is 7.94. The number of halogens is 1. The van der Waals surface area contributed by atoms with E-state index < -0.39 is 5.97 Å². The summed E-state index contributed by atoms with van der Waals surface area (Å²) in [6.45, 7) is 0. The molecule has 1 aromatic rings. The molecule has 1 rings (SSSR count). The summed E-state index contributed by atoms with van der Waals surface area (Å²) < 4.78 is 12.3. The Morgan fingerprint density at radius 3 is 2.82 bits per heavy atom. The predicted octanol–water partition coefficient (Wildman–Crippen LogP) is 1.99. The van der Waals surface area contributed by atoms with Crippen LogP contribution in [0.2, 0.25) is 0 Å². The standard InChI is InChI=1S/C7H5FO2S/c8-6-3-1-5(11-6)2-4-7(9)10/h1-4H,(H,9,10). The number of hydrogen-bond acceptors (Lipinski definition) is 2. The minimum Gasteiger partial charge on any atom is -0.478 e. The van der Waals surface area contributed by atoms with Crippen LogP contribution in [0.25, 0.3) is 6.08 Å². The lowest BCUT2D eigenvalue weighted by Crippen LogP contribution is -1.84. The first-order valence-corrected chi connectivity index (χ1v) is 3.66. The molecular formula is C7H5FO2S. The van der Waals surface area contributed by atoms with Gasteiger partial charge in [-0.2, -0.15) is 4.39 Å². The van der Waals surface area contributed by atoms with Gasteiger partial charge >= 0.3 is 5.97 Å². The summed E-state index contributed by atoms with van der Waals surface area (Å²) in [5, 5.41) is 7.90. The van der Waals surface area contributed by atoms with Crippen molar-refractivity contribution in [1.29, 1.82) is 0 Å². The van der Waals surface area contributed by atoms with Crippen molar-refractivity contribution >= 4 is 23.4 Å². The third kappa shape index (κ3) is 2.51. The van der Waals surface area contributed by atoms with E-state index in [1.165, 1.54) is 18.2 Å². The number of thiophene rings is 1. The summed E-state index contributed by atoms with van der Waals surface area (Å²) >= 11 is 0.913. The maximum atomic E-state index is 12.3. The van der Waals surface area contributed by atoms with Gasteiger partial charge in [0.05, 0.1) is 0 Å². The molecule has 0 bridgehead atoms. The highest BCUT2D eigenvalue weighted by molar-refractivity contribution is 7.11. The number of aliphatic carboxylic acids is 1. The Balaban J connectivity index is 2.71. The summed E-state index contributed by atoms with van der Waals surface area (Å²) in [7, 11) is 0. The molecule has 0 fully saturated rings. The van der Waals surface area contributed by atoms with Crippen molar-refractivity contribution in [3.05, 3.63) is 28.2 Å². The number of hydrogen-bond donors (Lipinski definition) is 1. The molecule has 2 nitrogen and oxygen atoms in total. The molecule has 0 aromatic carbocycles. The average Bonchev–Trinajstić information content (AvgIpc) is 2.31. The first-order chi connectivity index (χ1) is 5.18. The van der Waals surface area contributed by atoms with E-state index >= 15 is 0 Å². The molecule has 0 aliphatic rings. The molecule has 11 heavy (non-hydrogen) atoms. The van der Waals surface area contributed by atoms with E-state index in [0.29, 0.717) is 4.88 Å². The highest BCUT2D eigenvalue weighted by atomic mass is 32.1. The van der Waals surface area contributed by atoms with Crippen molar-refractivity contribution < 1.29 is 14.3 Å². The Kier molecular flexibility index (Phi) is 2.38. The van der Waals surface area contributed by atoms with Gasteiger partial charge in [0.15, 0.2) is 5.13 Å².